The summed E-state index contributed by atoms with van der Waals surface area (Å²) in [7, 11) is 0. The second kappa shape index (κ2) is 6.72. The zero-order valence-electron chi connectivity index (χ0n) is 11.1. The first kappa shape index (κ1) is 14.8. The van der Waals surface area contributed by atoms with Crippen molar-refractivity contribution in [3.05, 3.63) is 47.4 Å². The van der Waals surface area contributed by atoms with Crippen LogP contribution in [-0.2, 0) is 4.79 Å². The number of amides is 1. The fourth-order valence-electron chi connectivity index (χ4n) is 1.51. The Labute approximate surface area is 127 Å². The fourth-order valence-corrected chi connectivity index (χ4v) is 2.51. The van der Waals surface area contributed by atoms with Gasteiger partial charge in [-0.3, -0.25) is 4.79 Å². The van der Waals surface area contributed by atoms with Crippen molar-refractivity contribution >= 4 is 35.0 Å². The van der Waals surface area contributed by atoms with Crippen molar-refractivity contribution in [1.29, 1.82) is 0 Å². The average molecular weight is 308 g/mol. The summed E-state index contributed by atoms with van der Waals surface area (Å²) >= 11 is 7.20. The van der Waals surface area contributed by atoms with Gasteiger partial charge in [-0.05, 0) is 44.2 Å². The number of aromatic nitrogens is 2. The van der Waals surface area contributed by atoms with Crippen molar-refractivity contribution < 1.29 is 4.79 Å². The van der Waals surface area contributed by atoms with Gasteiger partial charge in [-0.2, -0.15) is 0 Å². The van der Waals surface area contributed by atoms with Crippen LogP contribution in [0.25, 0.3) is 0 Å². The van der Waals surface area contributed by atoms with Crippen LogP contribution in [0.4, 0.5) is 5.69 Å². The standard InChI is InChI=1S/C14H14ClN3OS/c1-9-7-13(17-8-16-9)20-10(2)14(19)18-12-5-3-11(15)4-6-12/h3-8,10H,1-2H3,(H,18,19). The van der Waals surface area contributed by atoms with Gasteiger partial charge in [0.25, 0.3) is 0 Å². The van der Waals surface area contributed by atoms with E-state index in [4.69, 9.17) is 11.6 Å². The molecule has 0 fully saturated rings. The van der Waals surface area contributed by atoms with Crippen molar-refractivity contribution in [2.75, 3.05) is 5.32 Å². The molecule has 1 heterocycles. The van der Waals surface area contributed by atoms with Crippen LogP contribution in [0.5, 0.6) is 0 Å². The molecular weight excluding hydrogens is 294 g/mol. The van der Waals surface area contributed by atoms with E-state index < -0.39 is 0 Å². The number of nitrogens with one attached hydrogen (secondary N) is 1. The highest BCUT2D eigenvalue weighted by atomic mass is 35.5. The van der Waals surface area contributed by atoms with Crippen LogP contribution < -0.4 is 5.32 Å². The Morgan fingerprint density at radius 1 is 1.30 bits per heavy atom. The lowest BCUT2D eigenvalue weighted by molar-refractivity contribution is -0.115. The van der Waals surface area contributed by atoms with Crippen molar-refractivity contribution in [2.45, 2.75) is 24.1 Å². The molecule has 0 aliphatic carbocycles. The summed E-state index contributed by atoms with van der Waals surface area (Å²) in [5, 5.41) is 4.02. The first-order valence-electron chi connectivity index (χ1n) is 6.06. The summed E-state index contributed by atoms with van der Waals surface area (Å²) in [6, 6.07) is 8.88. The SMILES string of the molecule is Cc1cc(SC(C)C(=O)Nc2ccc(Cl)cc2)ncn1. The Kier molecular flexibility index (Phi) is 4.98. The van der Waals surface area contributed by atoms with Gasteiger partial charge in [-0.25, -0.2) is 9.97 Å². The van der Waals surface area contributed by atoms with Crippen LogP contribution in [0.2, 0.25) is 5.02 Å². The fraction of sp³-hybridized carbons (Fsp3) is 0.214. The first-order chi connectivity index (χ1) is 9.54. The van der Waals surface area contributed by atoms with E-state index in [1.807, 2.05) is 19.9 Å². The molecule has 4 nitrogen and oxygen atoms in total. The molecule has 1 N–H and O–H groups in total. The van der Waals surface area contributed by atoms with E-state index in [9.17, 15) is 4.79 Å². The number of halogens is 1. The molecule has 2 aromatic rings. The van der Waals surface area contributed by atoms with Gasteiger partial charge in [0.15, 0.2) is 0 Å². The zero-order valence-corrected chi connectivity index (χ0v) is 12.7. The summed E-state index contributed by atoms with van der Waals surface area (Å²) in [6.45, 7) is 3.73. The van der Waals surface area contributed by atoms with E-state index >= 15 is 0 Å². The third kappa shape index (κ3) is 4.21. The Morgan fingerprint density at radius 3 is 2.65 bits per heavy atom. The summed E-state index contributed by atoms with van der Waals surface area (Å²) in [5.41, 5.74) is 1.61. The van der Waals surface area contributed by atoms with E-state index in [-0.39, 0.29) is 11.2 Å². The number of hydrogen-bond acceptors (Lipinski definition) is 4. The number of anilines is 1. The molecule has 1 unspecified atom stereocenters. The third-order valence-electron chi connectivity index (χ3n) is 2.56. The van der Waals surface area contributed by atoms with Crippen LogP contribution in [0.3, 0.4) is 0 Å². The molecule has 1 aromatic heterocycles. The zero-order chi connectivity index (χ0) is 14.5. The van der Waals surface area contributed by atoms with Crippen LogP contribution in [-0.4, -0.2) is 21.1 Å². The normalized spacial score (nSPS) is 11.9. The molecule has 0 saturated heterocycles. The molecular formula is C14H14ClN3OS. The Morgan fingerprint density at radius 2 is 2.00 bits per heavy atom. The first-order valence-corrected chi connectivity index (χ1v) is 7.32. The van der Waals surface area contributed by atoms with E-state index in [2.05, 4.69) is 15.3 Å². The van der Waals surface area contributed by atoms with Crippen LogP contribution in [0, 0.1) is 6.92 Å². The van der Waals surface area contributed by atoms with E-state index in [1.165, 1.54) is 18.1 Å². The molecule has 104 valence electrons. The molecule has 1 aromatic carbocycles. The molecule has 0 radical (unpaired) electrons. The Hall–Kier alpha value is -1.59. The van der Waals surface area contributed by atoms with E-state index in [0.717, 1.165) is 16.4 Å². The topological polar surface area (TPSA) is 54.9 Å². The summed E-state index contributed by atoms with van der Waals surface area (Å²) in [5.74, 6) is -0.0754. The largest absolute Gasteiger partial charge is 0.325 e. The molecule has 6 heteroatoms. The molecule has 0 spiro atoms. The number of hydrogen-bond donors (Lipinski definition) is 1. The molecule has 20 heavy (non-hydrogen) atoms. The number of thioether (sulfide) groups is 1. The summed E-state index contributed by atoms with van der Waals surface area (Å²) < 4.78 is 0. The minimum atomic E-state index is -0.250. The van der Waals surface area contributed by atoms with Crippen molar-refractivity contribution in [3.63, 3.8) is 0 Å². The van der Waals surface area contributed by atoms with Crippen LogP contribution in [0.1, 0.15) is 12.6 Å². The van der Waals surface area contributed by atoms with Gasteiger partial charge in [-0.1, -0.05) is 23.4 Å². The molecule has 0 saturated carbocycles. The van der Waals surface area contributed by atoms with Crippen LogP contribution in [0.15, 0.2) is 41.7 Å². The smallest absolute Gasteiger partial charge is 0.237 e. The predicted octanol–water partition coefficient (Wildman–Crippen LogP) is 3.56. The van der Waals surface area contributed by atoms with Crippen LogP contribution >= 0.6 is 23.4 Å². The highest BCUT2D eigenvalue weighted by molar-refractivity contribution is 8.00. The number of rotatable bonds is 4. The van der Waals surface area contributed by atoms with Gasteiger partial charge >= 0.3 is 0 Å². The number of carbonyl (C=O) groups excluding carboxylic acids is 1. The number of aryl methyl sites for hydroxylation is 1. The van der Waals surface area contributed by atoms with Gasteiger partial charge in [0.1, 0.15) is 11.4 Å². The lowest BCUT2D eigenvalue weighted by atomic mass is 10.3. The minimum absolute atomic E-state index is 0.0754. The summed E-state index contributed by atoms with van der Waals surface area (Å²) in [4.78, 5) is 20.2. The molecule has 1 amide bonds. The second-order valence-electron chi connectivity index (χ2n) is 4.25. The highest BCUT2D eigenvalue weighted by Crippen LogP contribution is 2.22. The average Bonchev–Trinajstić information content (AvgIpc) is 2.41. The molecule has 0 aliphatic rings. The van der Waals surface area contributed by atoms with Crippen molar-refractivity contribution in [3.8, 4) is 0 Å². The summed E-state index contributed by atoms with van der Waals surface area (Å²) in [6.07, 6.45) is 1.50. The lowest BCUT2D eigenvalue weighted by Gasteiger charge is -2.11. The number of carbonyl (C=O) groups is 1. The van der Waals surface area contributed by atoms with Gasteiger partial charge < -0.3 is 5.32 Å². The maximum atomic E-state index is 12.1. The maximum Gasteiger partial charge on any atom is 0.237 e. The molecule has 0 bridgehead atoms. The lowest BCUT2D eigenvalue weighted by Crippen LogP contribution is -2.22. The van der Waals surface area contributed by atoms with E-state index in [0.29, 0.717) is 5.02 Å². The number of nitrogens with zero attached hydrogens (tertiary/aromatic N) is 2. The molecule has 0 aliphatic heterocycles. The molecule has 2 rings (SSSR count). The van der Waals surface area contributed by atoms with Gasteiger partial charge in [-0.15, -0.1) is 0 Å². The minimum Gasteiger partial charge on any atom is -0.325 e. The van der Waals surface area contributed by atoms with Crippen molar-refractivity contribution in [1.82, 2.24) is 9.97 Å². The maximum absolute atomic E-state index is 12.1. The predicted molar refractivity (Wildman–Crippen MR) is 82.2 cm³/mol. The number of benzene rings is 1. The highest BCUT2D eigenvalue weighted by Gasteiger charge is 2.15. The molecule has 1 atom stereocenters. The third-order valence-corrected chi connectivity index (χ3v) is 3.84. The van der Waals surface area contributed by atoms with E-state index in [1.54, 1.807) is 24.3 Å². The Bertz CT molecular complexity index is 604. The quantitative estimate of drug-likeness (QED) is 0.693. The van der Waals surface area contributed by atoms with Gasteiger partial charge in [0, 0.05) is 16.4 Å². The van der Waals surface area contributed by atoms with Crippen molar-refractivity contribution in [2.24, 2.45) is 0 Å². The van der Waals surface area contributed by atoms with Gasteiger partial charge in [0.2, 0.25) is 5.91 Å². The monoisotopic (exact) mass is 307 g/mol. The second-order valence-corrected chi connectivity index (χ2v) is 6.05. The van der Waals surface area contributed by atoms with Gasteiger partial charge in [0.05, 0.1) is 5.25 Å². The Balaban J connectivity index is 1.96.